The summed E-state index contributed by atoms with van der Waals surface area (Å²) in [6.07, 6.45) is 16.1. The van der Waals surface area contributed by atoms with Gasteiger partial charge in [-0.15, -0.1) is 13.2 Å². The van der Waals surface area contributed by atoms with Crippen LogP contribution >= 0.6 is 0 Å². The summed E-state index contributed by atoms with van der Waals surface area (Å²) in [6.45, 7) is 31.6. The van der Waals surface area contributed by atoms with Gasteiger partial charge in [0.15, 0.2) is 0 Å². The first-order valence-electron chi connectivity index (χ1n) is 26.1. The number of hydrogen-bond donors (Lipinski definition) is 4. The molecule has 0 saturated heterocycles. The van der Waals surface area contributed by atoms with E-state index in [0.29, 0.717) is 19.6 Å². The van der Waals surface area contributed by atoms with E-state index < -0.39 is 14.8 Å². The monoisotopic (exact) mass is 1090 g/mol. The summed E-state index contributed by atoms with van der Waals surface area (Å²) in [5.74, 6) is 0. The number of nitrogen functional groups attached to an aromatic ring is 1. The Morgan fingerprint density at radius 3 is 1.22 bits per heavy atom. The van der Waals surface area contributed by atoms with E-state index in [1.165, 1.54) is 40.5 Å². The molecule has 8 N–H and O–H groups in total. The van der Waals surface area contributed by atoms with E-state index in [1.807, 2.05) is 149 Å². The highest BCUT2D eigenvalue weighted by molar-refractivity contribution is 5.70. The van der Waals surface area contributed by atoms with Gasteiger partial charge in [0.05, 0.1) is 14.8 Å². The average molecular weight is 1090 g/mol. The van der Waals surface area contributed by atoms with Gasteiger partial charge in [0.25, 0.3) is 17.1 Å². The van der Waals surface area contributed by atoms with Crippen LogP contribution in [0.4, 0.5) is 22.7 Å². The summed E-state index contributed by atoms with van der Waals surface area (Å²) in [5.41, 5.74) is 36.5. The third kappa shape index (κ3) is 34.2. The van der Waals surface area contributed by atoms with Gasteiger partial charge in [-0.3, -0.25) is 30.3 Å². The zero-order chi connectivity index (χ0) is 61.0. The molecule has 81 heavy (non-hydrogen) atoms. The second kappa shape index (κ2) is 43.6. The average Bonchev–Trinajstić information content (AvgIpc) is 3.47. The Balaban J connectivity index is 0.000000950. The molecule has 7 aromatic rings. The van der Waals surface area contributed by atoms with Crippen LogP contribution in [0, 0.1) is 51.1 Å². The number of nitrogens with two attached hydrogens (primary N) is 4. The van der Waals surface area contributed by atoms with Gasteiger partial charge in [-0.05, 0) is 122 Å². The molecule has 0 aliphatic rings. The third-order valence-electron chi connectivity index (χ3n) is 10.7. The molecule has 13 heteroatoms. The maximum absolute atomic E-state index is 10.7. The lowest BCUT2D eigenvalue weighted by Crippen LogP contribution is -1.95. The number of nitrogens with zero attached hydrogens (tertiary/aromatic N) is 3. The first kappa shape index (κ1) is 71.6. The molecule has 0 saturated carbocycles. The number of hydrogen-bond acceptors (Lipinski definition) is 10. The zero-order valence-corrected chi connectivity index (χ0v) is 48.1. The van der Waals surface area contributed by atoms with Gasteiger partial charge >= 0.3 is 0 Å². The van der Waals surface area contributed by atoms with Gasteiger partial charge in [-0.1, -0.05) is 202 Å². The normalized spacial score (nSPS) is 9.72. The molecule has 0 aliphatic heterocycles. The predicted octanol–water partition coefficient (Wildman–Crippen LogP) is 16.9. The van der Waals surface area contributed by atoms with Gasteiger partial charge in [-0.25, -0.2) is 0 Å². The van der Waals surface area contributed by atoms with Crippen molar-refractivity contribution >= 4 is 41.0 Å². The number of allylic oxidation sites excluding steroid dienone is 6. The van der Waals surface area contributed by atoms with Crippen molar-refractivity contribution in [2.45, 2.75) is 80.4 Å². The predicted molar refractivity (Wildman–Crippen MR) is 344 cm³/mol. The minimum atomic E-state index is -0.396. The SMILES string of the molecule is C=CC.C=CC.C=CC(=CC(=C)CC)CCc1cccc(N)c1.C=Cc1cccc(CN)c1.Cc1cccc(CN)c1.Cc1cccc([N+](=O)[O-])c1.Cc1cccc([N+](=O)[O-])c1.NCc1cccc(C=Cc2cccc([N+](=O)[O-])c2)c1. The quantitative estimate of drug-likeness (QED) is 0.0189. The van der Waals surface area contributed by atoms with Gasteiger partial charge in [-0.2, -0.15) is 0 Å². The fourth-order valence-corrected chi connectivity index (χ4v) is 6.56. The van der Waals surface area contributed by atoms with Crippen molar-refractivity contribution in [1.82, 2.24) is 0 Å². The highest BCUT2D eigenvalue weighted by Gasteiger charge is 2.05. The summed E-state index contributed by atoms with van der Waals surface area (Å²) in [7, 11) is 0. The molecule has 0 radical (unpaired) electrons. The van der Waals surface area contributed by atoms with E-state index in [-0.39, 0.29) is 17.1 Å². The lowest BCUT2D eigenvalue weighted by atomic mass is 10.0. The molecular formula is C68H83N7O6. The minimum Gasteiger partial charge on any atom is -0.399 e. The Morgan fingerprint density at radius 2 is 0.852 bits per heavy atom. The molecule has 0 atom stereocenters. The van der Waals surface area contributed by atoms with Crippen LogP contribution in [-0.4, -0.2) is 14.8 Å². The van der Waals surface area contributed by atoms with E-state index in [9.17, 15) is 30.3 Å². The number of non-ortho nitro benzene ring substituents is 3. The van der Waals surface area contributed by atoms with E-state index in [1.54, 1.807) is 48.6 Å². The van der Waals surface area contributed by atoms with Crippen LogP contribution in [-0.2, 0) is 26.1 Å². The fourth-order valence-electron chi connectivity index (χ4n) is 6.56. The van der Waals surface area contributed by atoms with Gasteiger partial charge in [0.2, 0.25) is 0 Å². The zero-order valence-electron chi connectivity index (χ0n) is 48.1. The van der Waals surface area contributed by atoms with Crippen molar-refractivity contribution in [2.75, 3.05) is 5.73 Å². The van der Waals surface area contributed by atoms with Crippen LogP contribution in [0.5, 0.6) is 0 Å². The summed E-state index contributed by atoms with van der Waals surface area (Å²) in [4.78, 5) is 29.8. The Bertz CT molecular complexity index is 3050. The topological polar surface area (TPSA) is 234 Å². The van der Waals surface area contributed by atoms with Crippen LogP contribution in [0.25, 0.3) is 18.2 Å². The Labute approximate surface area is 481 Å². The highest BCUT2D eigenvalue weighted by atomic mass is 16.6. The molecule has 0 unspecified atom stereocenters. The smallest absolute Gasteiger partial charge is 0.270 e. The van der Waals surface area contributed by atoms with Crippen LogP contribution in [0.15, 0.2) is 238 Å². The van der Waals surface area contributed by atoms with Crippen molar-refractivity contribution in [3.05, 3.63) is 324 Å². The van der Waals surface area contributed by atoms with Crippen molar-refractivity contribution in [3.8, 4) is 0 Å². The third-order valence-corrected chi connectivity index (χ3v) is 10.7. The molecular weight excluding hydrogens is 1010 g/mol. The molecule has 0 bridgehead atoms. The lowest BCUT2D eigenvalue weighted by Gasteiger charge is -2.05. The second-order valence-corrected chi connectivity index (χ2v) is 17.7. The van der Waals surface area contributed by atoms with E-state index >= 15 is 0 Å². The van der Waals surface area contributed by atoms with Gasteiger partial charge in [0, 0.05) is 61.7 Å². The summed E-state index contributed by atoms with van der Waals surface area (Å²) >= 11 is 0. The maximum atomic E-state index is 10.7. The number of nitro groups is 3. The van der Waals surface area contributed by atoms with Gasteiger partial charge in [0.1, 0.15) is 0 Å². The molecule has 0 spiro atoms. The minimum absolute atomic E-state index is 0.0952. The van der Waals surface area contributed by atoms with Crippen LogP contribution < -0.4 is 22.9 Å². The van der Waals surface area contributed by atoms with Gasteiger partial charge < -0.3 is 22.9 Å². The molecule has 0 fully saturated rings. The molecule has 0 aromatic heterocycles. The Morgan fingerprint density at radius 1 is 0.494 bits per heavy atom. The summed E-state index contributed by atoms with van der Waals surface area (Å²) in [6, 6.07) is 51.7. The van der Waals surface area contributed by atoms with Crippen molar-refractivity contribution in [3.63, 3.8) is 0 Å². The Hall–Kier alpha value is -9.40. The van der Waals surface area contributed by atoms with E-state index in [2.05, 4.69) is 71.0 Å². The number of rotatable bonds is 15. The summed E-state index contributed by atoms with van der Waals surface area (Å²) < 4.78 is 0. The number of anilines is 1. The standard InChI is InChI=1S/C16H21N.C15H14N2O2.C9H11N.C8H11N.2C7H7NO2.2C3H6/c1-4-13(3)11-14(5-2)9-10-15-7-6-8-16(17)12-15;16-11-14-5-1-3-12(9-14)7-8-13-4-2-6-15(10-13)17(18)19;1-2-8-4-3-5-9(6-8)7-10;1-7-3-2-4-8(5-7)6-9;2*1-6-3-2-4-7(5-6)8(9)10;2*1-3-2/h5-8,11-12H,2-4,9-10,17H2,1H3;1-10H,11,16H2;2-6H,1,7,10H2;2-5H,6,9H2,1H3;2*2-5H,1H3;2*3H,1H2,2H3. The molecule has 7 aromatic carbocycles. The van der Waals surface area contributed by atoms with Crippen LogP contribution in [0.1, 0.15) is 89.2 Å². The maximum Gasteiger partial charge on any atom is 0.270 e. The molecule has 7 rings (SSSR count). The molecule has 0 amide bonds. The van der Waals surface area contributed by atoms with Crippen LogP contribution in [0.3, 0.4) is 0 Å². The van der Waals surface area contributed by atoms with Crippen molar-refractivity contribution < 1.29 is 14.8 Å². The first-order chi connectivity index (χ1) is 38.8. The fraction of sp³-hybridized carbons (Fsp3) is 0.176. The molecule has 0 aliphatic carbocycles. The second-order valence-electron chi connectivity index (χ2n) is 17.7. The molecule has 426 valence electrons. The van der Waals surface area contributed by atoms with E-state index in [4.69, 9.17) is 22.9 Å². The number of nitro benzene ring substituents is 3. The van der Waals surface area contributed by atoms with E-state index in [0.717, 1.165) is 69.5 Å². The number of benzene rings is 7. The Kier molecular flexibility index (Phi) is 38.5. The largest absolute Gasteiger partial charge is 0.399 e. The van der Waals surface area contributed by atoms with Crippen LogP contribution in [0.2, 0.25) is 0 Å². The summed E-state index contributed by atoms with van der Waals surface area (Å²) in [5, 5.41) is 31.0. The molecule has 0 heterocycles. The molecule has 13 nitrogen and oxygen atoms in total. The number of aryl methyl sites for hydroxylation is 4. The highest BCUT2D eigenvalue weighted by Crippen LogP contribution is 2.18. The van der Waals surface area contributed by atoms with Crippen molar-refractivity contribution in [1.29, 1.82) is 0 Å². The lowest BCUT2D eigenvalue weighted by molar-refractivity contribution is -0.385. The first-order valence-corrected chi connectivity index (χ1v) is 26.1. The van der Waals surface area contributed by atoms with Crippen molar-refractivity contribution in [2.24, 2.45) is 17.2 Å².